The number of rotatable bonds is 3. The second kappa shape index (κ2) is 6.11. The van der Waals surface area contributed by atoms with Gasteiger partial charge in [-0.1, -0.05) is 0 Å². The van der Waals surface area contributed by atoms with E-state index in [1.54, 1.807) is 0 Å². The summed E-state index contributed by atoms with van der Waals surface area (Å²) in [4.78, 5) is 19.1. The minimum atomic E-state index is -1.96. The molecule has 0 heterocycles. The third-order valence-electron chi connectivity index (χ3n) is 0.632. The molecule has 0 aliphatic carbocycles. The third kappa shape index (κ3) is 6.50. The van der Waals surface area contributed by atoms with Gasteiger partial charge in [0.1, 0.15) is 0 Å². The van der Waals surface area contributed by atoms with Crippen molar-refractivity contribution in [3.8, 4) is 0 Å². The Morgan fingerprint density at radius 2 is 1.80 bits per heavy atom. The van der Waals surface area contributed by atoms with Gasteiger partial charge in [-0.05, 0) is 0 Å². The molecule has 52 valence electrons. The van der Waals surface area contributed by atoms with E-state index in [4.69, 9.17) is 5.11 Å². The minimum absolute atomic E-state index is 0. The molecule has 0 aliphatic rings. The molecule has 0 spiro atoms. The van der Waals surface area contributed by atoms with Crippen LogP contribution in [0.3, 0.4) is 0 Å². The van der Waals surface area contributed by atoms with Crippen molar-refractivity contribution in [1.29, 1.82) is 0 Å². The quantitative estimate of drug-likeness (QED) is 0.486. The molecule has 0 unspecified atom stereocenters. The molecule has 1 N–H and O–H groups in total. The van der Waals surface area contributed by atoms with Gasteiger partial charge in [0, 0.05) is 12.4 Å². The predicted octanol–water partition coefficient (Wildman–Crippen LogP) is -4.14. The van der Waals surface area contributed by atoms with E-state index in [0.29, 0.717) is 0 Å². The van der Waals surface area contributed by atoms with Crippen molar-refractivity contribution in [3.05, 3.63) is 0 Å². The second-order valence-corrected chi connectivity index (χ2v) is 1.41. The number of hydrogen-bond donors (Lipinski definition) is 1. The first-order valence-electron chi connectivity index (χ1n) is 2.13. The Morgan fingerprint density at radius 1 is 1.40 bits per heavy atom. The predicted molar refractivity (Wildman–Crippen MR) is 26.4 cm³/mol. The van der Waals surface area contributed by atoms with E-state index in [2.05, 4.69) is 0 Å². The van der Waals surface area contributed by atoms with Crippen LogP contribution in [0.15, 0.2) is 0 Å². The largest absolute Gasteiger partial charge is 2.00 e. The van der Waals surface area contributed by atoms with E-state index in [1.165, 1.54) is 0 Å². The maximum Gasteiger partial charge on any atom is 2.00 e. The molecule has 0 rings (SSSR count). The number of carbonyl (C=O) groups excluding carboxylic acids is 2. The fourth-order valence-electron chi connectivity index (χ4n) is 0.241. The maximum absolute atomic E-state index is 9.58. The van der Waals surface area contributed by atoms with Crippen LogP contribution in [0.5, 0.6) is 0 Å². The molecule has 0 aromatic carbocycles. The Labute approximate surface area is 93.9 Å². The molecule has 0 saturated heterocycles. The molecule has 0 bridgehead atoms. The average molecular weight is 220 g/mol. The molecule has 5 nitrogen and oxygen atoms in total. The molecule has 6 heteroatoms. The summed E-state index contributed by atoms with van der Waals surface area (Å²) < 4.78 is 0. The van der Waals surface area contributed by atoms with Gasteiger partial charge in [0.25, 0.3) is 0 Å². The van der Waals surface area contributed by atoms with Gasteiger partial charge in [-0.2, -0.15) is 0 Å². The van der Waals surface area contributed by atoms with Crippen LogP contribution in [0.4, 0.5) is 0 Å². The van der Waals surface area contributed by atoms with Gasteiger partial charge < -0.3 is 24.9 Å². The van der Waals surface area contributed by atoms with E-state index < -0.39 is 24.5 Å². The van der Waals surface area contributed by atoms with E-state index in [9.17, 15) is 19.8 Å². The van der Waals surface area contributed by atoms with Crippen molar-refractivity contribution >= 4 is 57.4 Å². The first-order valence-corrected chi connectivity index (χ1v) is 2.13. The molecule has 0 amide bonds. The average Bonchev–Trinajstić information content (AvgIpc) is 1.63. The molecule has 1 atom stereocenters. The Kier molecular flexibility index (Phi) is 7.95. The van der Waals surface area contributed by atoms with Crippen LogP contribution in [-0.2, 0) is 9.59 Å². The van der Waals surface area contributed by atoms with Gasteiger partial charge in [-0.15, -0.1) is 0 Å². The summed E-state index contributed by atoms with van der Waals surface area (Å²) in [5.41, 5.74) is 0. The third-order valence-corrected chi connectivity index (χ3v) is 0.632. The fraction of sp³-hybridized carbons (Fsp3) is 0.500. The van der Waals surface area contributed by atoms with Gasteiger partial charge in [-0.25, -0.2) is 0 Å². The van der Waals surface area contributed by atoms with E-state index in [-0.39, 0.29) is 45.5 Å². The van der Waals surface area contributed by atoms with Crippen molar-refractivity contribution in [2.24, 2.45) is 0 Å². The number of aliphatic carboxylic acids is 2. The molecular weight excluding hydrogens is 216 g/mol. The van der Waals surface area contributed by atoms with E-state index >= 15 is 0 Å². The molecular formula is C4H4O5Sr. The van der Waals surface area contributed by atoms with Gasteiger partial charge in [0.05, 0.1) is 12.1 Å². The molecule has 0 radical (unpaired) electrons. The summed E-state index contributed by atoms with van der Waals surface area (Å²) in [7, 11) is 0. The molecule has 0 saturated carbocycles. The smallest absolute Gasteiger partial charge is 0.550 e. The monoisotopic (exact) mass is 220 g/mol. The van der Waals surface area contributed by atoms with Gasteiger partial charge in [-0.3, -0.25) is 0 Å². The van der Waals surface area contributed by atoms with Crippen molar-refractivity contribution in [3.63, 3.8) is 0 Å². The van der Waals surface area contributed by atoms with Crippen LogP contribution >= 0.6 is 0 Å². The number of aliphatic hydroxyl groups excluding tert-OH is 1. The number of carbonyl (C=O) groups is 2. The SMILES string of the molecule is O=C([O-])C[C@@H](O)C(=O)[O-].[Sr+2]. The van der Waals surface area contributed by atoms with Crippen molar-refractivity contribution in [1.82, 2.24) is 0 Å². The zero-order chi connectivity index (χ0) is 7.44. The first-order chi connectivity index (χ1) is 4.04. The molecule has 10 heavy (non-hydrogen) atoms. The van der Waals surface area contributed by atoms with Crippen LogP contribution in [-0.4, -0.2) is 68.6 Å². The summed E-state index contributed by atoms with van der Waals surface area (Å²) in [6, 6.07) is 0. The number of hydrogen-bond acceptors (Lipinski definition) is 5. The zero-order valence-electron chi connectivity index (χ0n) is 5.07. The van der Waals surface area contributed by atoms with Crippen LogP contribution in [0.1, 0.15) is 6.42 Å². The van der Waals surface area contributed by atoms with Gasteiger partial charge >= 0.3 is 45.5 Å². The number of carboxylic acid groups (broad SMARTS) is 2. The van der Waals surface area contributed by atoms with Crippen molar-refractivity contribution in [2.45, 2.75) is 12.5 Å². The van der Waals surface area contributed by atoms with Crippen LogP contribution in [0, 0.1) is 0 Å². The molecule has 0 aromatic rings. The standard InChI is InChI=1S/C4H6O5.Sr/c5-2(4(8)9)1-3(6)7;/h2,5H,1H2,(H,6,7)(H,8,9);/q;+2/p-2/t2-;/m1./s1. The van der Waals surface area contributed by atoms with E-state index in [1.807, 2.05) is 0 Å². The normalized spacial score (nSPS) is 11.3. The fourth-order valence-corrected chi connectivity index (χ4v) is 0.241. The van der Waals surface area contributed by atoms with Crippen molar-refractivity contribution < 1.29 is 24.9 Å². The topological polar surface area (TPSA) is 100 Å². The van der Waals surface area contributed by atoms with Gasteiger partial charge in [0.15, 0.2) is 0 Å². The summed E-state index contributed by atoms with van der Waals surface area (Å²) in [5.74, 6) is -3.43. The minimum Gasteiger partial charge on any atom is -0.550 e. The second-order valence-electron chi connectivity index (χ2n) is 1.41. The Morgan fingerprint density at radius 3 is 1.90 bits per heavy atom. The summed E-state index contributed by atoms with van der Waals surface area (Å²) in [5, 5.41) is 27.3. The Hall–Kier alpha value is 0.381. The van der Waals surface area contributed by atoms with Crippen LogP contribution in [0.2, 0.25) is 0 Å². The van der Waals surface area contributed by atoms with Crippen LogP contribution in [0.25, 0.3) is 0 Å². The number of aliphatic hydroxyl groups is 1. The Balaban J connectivity index is 0. The van der Waals surface area contributed by atoms with E-state index in [0.717, 1.165) is 0 Å². The van der Waals surface area contributed by atoms with Crippen molar-refractivity contribution in [2.75, 3.05) is 0 Å². The summed E-state index contributed by atoms with van der Waals surface area (Å²) in [6.45, 7) is 0. The zero-order valence-corrected chi connectivity index (χ0v) is 8.55. The first kappa shape index (κ1) is 13.0. The van der Waals surface area contributed by atoms with Crippen LogP contribution < -0.4 is 10.2 Å². The van der Waals surface area contributed by atoms with Gasteiger partial charge in [0.2, 0.25) is 0 Å². The summed E-state index contributed by atoms with van der Waals surface area (Å²) in [6.07, 6.45) is -2.89. The molecule has 0 aliphatic heterocycles. The maximum atomic E-state index is 9.58. The molecule has 0 aromatic heterocycles. The summed E-state index contributed by atoms with van der Waals surface area (Å²) >= 11 is 0. The number of carboxylic acids is 2. The Bertz CT molecular complexity index is 134. The molecule has 0 fully saturated rings.